The maximum Gasteiger partial charge on any atom is 0.254 e. The highest BCUT2D eigenvalue weighted by Gasteiger charge is 2.33. The van der Waals surface area contributed by atoms with E-state index in [2.05, 4.69) is 20.9 Å². The summed E-state index contributed by atoms with van der Waals surface area (Å²) in [6.45, 7) is 0.614. The van der Waals surface area contributed by atoms with E-state index in [1.807, 2.05) is 29.2 Å². The van der Waals surface area contributed by atoms with Crippen LogP contribution < -0.4 is 0 Å². The van der Waals surface area contributed by atoms with Gasteiger partial charge in [-0.1, -0.05) is 39.7 Å². The maximum atomic E-state index is 12.7. The van der Waals surface area contributed by atoms with Crippen molar-refractivity contribution in [1.29, 1.82) is 0 Å². The lowest BCUT2D eigenvalue weighted by molar-refractivity contribution is 0.0730. The van der Waals surface area contributed by atoms with Crippen LogP contribution in [0.3, 0.4) is 0 Å². The summed E-state index contributed by atoms with van der Waals surface area (Å²) in [5, 5.41) is 0.346. The normalized spacial score (nSPS) is 14.0. The van der Waals surface area contributed by atoms with Crippen molar-refractivity contribution in [3.63, 3.8) is 0 Å². The zero-order chi connectivity index (χ0) is 14.8. The molecule has 1 amide bonds. The lowest BCUT2D eigenvalue weighted by Crippen LogP contribution is -2.32. The van der Waals surface area contributed by atoms with Crippen LogP contribution in [0.15, 0.2) is 47.1 Å². The van der Waals surface area contributed by atoms with Crippen molar-refractivity contribution in [2.75, 3.05) is 0 Å². The Bertz CT molecular complexity index is 673. The first-order valence-corrected chi connectivity index (χ1v) is 7.97. The molecule has 0 spiro atoms. The molecule has 3 rings (SSSR count). The second-order valence-electron chi connectivity index (χ2n) is 5.16. The summed E-state index contributed by atoms with van der Waals surface area (Å²) in [6, 6.07) is 11.7. The van der Waals surface area contributed by atoms with Gasteiger partial charge < -0.3 is 4.90 Å². The zero-order valence-corrected chi connectivity index (χ0v) is 13.6. The predicted molar refractivity (Wildman–Crippen MR) is 86.3 cm³/mol. The van der Waals surface area contributed by atoms with Crippen LogP contribution in [0.25, 0.3) is 0 Å². The van der Waals surface area contributed by atoms with E-state index in [0.29, 0.717) is 23.3 Å². The van der Waals surface area contributed by atoms with Crippen LogP contribution in [-0.4, -0.2) is 21.8 Å². The van der Waals surface area contributed by atoms with Gasteiger partial charge in [-0.25, -0.2) is 4.98 Å². The lowest BCUT2D eigenvalue weighted by Gasteiger charge is -2.23. The molecule has 2 aromatic rings. The van der Waals surface area contributed by atoms with Crippen molar-refractivity contribution >= 4 is 33.4 Å². The number of halogens is 2. The van der Waals surface area contributed by atoms with Crippen molar-refractivity contribution in [3.05, 3.63) is 63.3 Å². The number of carbonyl (C=O) groups excluding carboxylic acids is 1. The molecule has 0 radical (unpaired) electrons. The largest absolute Gasteiger partial charge is 0.331 e. The fraction of sp³-hybridized carbons (Fsp3) is 0.250. The Labute approximate surface area is 137 Å². The van der Waals surface area contributed by atoms with Gasteiger partial charge in [0.1, 0.15) is 5.15 Å². The molecule has 1 fully saturated rings. The number of rotatable bonds is 4. The smallest absolute Gasteiger partial charge is 0.254 e. The molecule has 1 saturated carbocycles. The summed E-state index contributed by atoms with van der Waals surface area (Å²) in [6.07, 6.45) is 3.71. The monoisotopic (exact) mass is 364 g/mol. The summed E-state index contributed by atoms with van der Waals surface area (Å²) < 4.78 is 1.02. The quantitative estimate of drug-likeness (QED) is 0.757. The number of hydrogen-bond donors (Lipinski definition) is 0. The Hall–Kier alpha value is -1.39. The Balaban J connectivity index is 1.83. The van der Waals surface area contributed by atoms with Crippen LogP contribution in [0.1, 0.15) is 28.8 Å². The minimum absolute atomic E-state index is 0.0155. The number of benzene rings is 1. The van der Waals surface area contributed by atoms with Gasteiger partial charge in [-0.3, -0.25) is 4.79 Å². The van der Waals surface area contributed by atoms with Crippen molar-refractivity contribution in [2.45, 2.75) is 25.4 Å². The van der Waals surface area contributed by atoms with E-state index in [0.717, 1.165) is 22.9 Å². The van der Waals surface area contributed by atoms with Crippen LogP contribution in [0, 0.1) is 0 Å². The van der Waals surface area contributed by atoms with Gasteiger partial charge in [0.2, 0.25) is 0 Å². The van der Waals surface area contributed by atoms with E-state index in [-0.39, 0.29) is 5.91 Å². The third-order valence-electron chi connectivity index (χ3n) is 3.46. The Kier molecular flexibility index (Phi) is 4.27. The molecule has 1 aliphatic rings. The predicted octanol–water partition coefficient (Wildman–Crippen LogP) is 4.30. The Morgan fingerprint density at radius 2 is 2.14 bits per heavy atom. The number of nitrogens with zero attached hydrogens (tertiary/aromatic N) is 2. The van der Waals surface area contributed by atoms with Crippen LogP contribution >= 0.6 is 27.5 Å². The number of hydrogen-bond acceptors (Lipinski definition) is 2. The van der Waals surface area contributed by atoms with E-state index in [1.54, 1.807) is 18.3 Å². The molecular weight excluding hydrogens is 352 g/mol. The van der Waals surface area contributed by atoms with Gasteiger partial charge in [0.25, 0.3) is 5.91 Å². The highest BCUT2D eigenvalue weighted by molar-refractivity contribution is 9.10. The van der Waals surface area contributed by atoms with Gasteiger partial charge in [0.15, 0.2) is 0 Å². The molecule has 1 heterocycles. The molecule has 21 heavy (non-hydrogen) atoms. The average molecular weight is 366 g/mol. The van der Waals surface area contributed by atoms with Gasteiger partial charge in [-0.2, -0.15) is 0 Å². The first kappa shape index (κ1) is 14.5. The lowest BCUT2D eigenvalue weighted by atomic mass is 10.1. The Morgan fingerprint density at radius 3 is 2.81 bits per heavy atom. The van der Waals surface area contributed by atoms with E-state index < -0.39 is 0 Å². The van der Waals surface area contributed by atoms with Crippen molar-refractivity contribution in [1.82, 2.24) is 9.88 Å². The SMILES string of the molecule is O=C(c1ccnc(Cl)c1)N(Cc1cccc(Br)c1)C1CC1. The molecule has 0 bridgehead atoms. The third-order valence-corrected chi connectivity index (χ3v) is 4.16. The van der Waals surface area contributed by atoms with Gasteiger partial charge in [-0.15, -0.1) is 0 Å². The minimum Gasteiger partial charge on any atom is -0.331 e. The summed E-state index contributed by atoms with van der Waals surface area (Å²) in [5.74, 6) is 0.0155. The molecule has 0 atom stereocenters. The minimum atomic E-state index is 0.0155. The van der Waals surface area contributed by atoms with Crippen molar-refractivity contribution < 1.29 is 4.79 Å². The molecule has 5 heteroatoms. The summed E-state index contributed by atoms with van der Waals surface area (Å²) in [7, 11) is 0. The number of pyridine rings is 1. The van der Waals surface area contributed by atoms with Gasteiger partial charge in [0, 0.05) is 28.8 Å². The average Bonchev–Trinajstić information content (AvgIpc) is 3.29. The number of carbonyl (C=O) groups is 1. The van der Waals surface area contributed by atoms with Crippen molar-refractivity contribution in [2.24, 2.45) is 0 Å². The number of amides is 1. The van der Waals surface area contributed by atoms with Crippen molar-refractivity contribution in [3.8, 4) is 0 Å². The summed E-state index contributed by atoms with van der Waals surface area (Å²) in [4.78, 5) is 18.5. The second kappa shape index (κ2) is 6.16. The highest BCUT2D eigenvalue weighted by Crippen LogP contribution is 2.30. The van der Waals surface area contributed by atoms with E-state index in [4.69, 9.17) is 11.6 Å². The fourth-order valence-corrected chi connectivity index (χ4v) is 2.91. The molecule has 108 valence electrons. The van der Waals surface area contributed by atoms with Crippen LogP contribution in [-0.2, 0) is 6.54 Å². The first-order valence-electron chi connectivity index (χ1n) is 6.80. The van der Waals surface area contributed by atoms with Crippen LogP contribution in [0.5, 0.6) is 0 Å². The standard InChI is InChI=1S/C16H14BrClN2O/c17-13-3-1-2-11(8-13)10-20(14-4-5-14)16(21)12-6-7-19-15(18)9-12/h1-3,6-9,14H,4-5,10H2. The molecular formula is C16H14BrClN2O. The molecule has 1 aliphatic carbocycles. The van der Waals surface area contributed by atoms with Gasteiger partial charge >= 0.3 is 0 Å². The number of aromatic nitrogens is 1. The Morgan fingerprint density at radius 1 is 1.33 bits per heavy atom. The van der Waals surface area contributed by atoms with E-state index >= 15 is 0 Å². The first-order chi connectivity index (χ1) is 10.1. The van der Waals surface area contributed by atoms with E-state index in [9.17, 15) is 4.79 Å². The van der Waals surface area contributed by atoms with Gasteiger partial charge in [0.05, 0.1) is 0 Å². The molecule has 0 unspecified atom stereocenters. The second-order valence-corrected chi connectivity index (χ2v) is 6.46. The molecule has 3 nitrogen and oxygen atoms in total. The third kappa shape index (κ3) is 3.63. The maximum absolute atomic E-state index is 12.7. The zero-order valence-electron chi connectivity index (χ0n) is 11.3. The molecule has 0 aliphatic heterocycles. The summed E-state index contributed by atoms with van der Waals surface area (Å²) >= 11 is 9.35. The topological polar surface area (TPSA) is 33.2 Å². The summed E-state index contributed by atoms with van der Waals surface area (Å²) in [5.41, 5.74) is 1.71. The van der Waals surface area contributed by atoms with Gasteiger partial charge in [-0.05, 0) is 42.7 Å². The molecule has 0 N–H and O–H groups in total. The molecule has 1 aromatic carbocycles. The molecule has 0 saturated heterocycles. The molecule has 1 aromatic heterocycles. The highest BCUT2D eigenvalue weighted by atomic mass is 79.9. The van der Waals surface area contributed by atoms with Crippen LogP contribution in [0.4, 0.5) is 0 Å². The van der Waals surface area contributed by atoms with E-state index in [1.165, 1.54) is 0 Å². The van der Waals surface area contributed by atoms with Crippen LogP contribution in [0.2, 0.25) is 5.15 Å². The fourth-order valence-electron chi connectivity index (χ4n) is 2.29.